The Bertz CT molecular complexity index is 549. The maximum absolute atomic E-state index is 11.9. The molecule has 0 bridgehead atoms. The molecule has 0 aromatic heterocycles. The van der Waals surface area contributed by atoms with E-state index in [4.69, 9.17) is 14.2 Å². The van der Waals surface area contributed by atoms with Gasteiger partial charge in [0.05, 0.1) is 41.2 Å². The van der Waals surface area contributed by atoms with E-state index in [9.17, 15) is 20.1 Å². The van der Waals surface area contributed by atoms with Crippen molar-refractivity contribution in [2.24, 2.45) is 0 Å². The van der Waals surface area contributed by atoms with E-state index < -0.39 is 31.3 Å². The molecule has 8 nitrogen and oxygen atoms in total. The number of benzene rings is 1. The van der Waals surface area contributed by atoms with Crippen molar-refractivity contribution in [3.8, 4) is 17.2 Å². The van der Waals surface area contributed by atoms with E-state index in [0.29, 0.717) is 22.8 Å². The molecule has 0 spiro atoms. The fourth-order valence-electron chi connectivity index (χ4n) is 1.94. The lowest BCUT2D eigenvalue weighted by Gasteiger charge is -2.27. The molecule has 24 heavy (non-hydrogen) atoms. The van der Waals surface area contributed by atoms with Gasteiger partial charge >= 0.3 is 0 Å². The van der Waals surface area contributed by atoms with Crippen LogP contribution in [0.1, 0.15) is 5.56 Å². The van der Waals surface area contributed by atoms with Crippen molar-refractivity contribution >= 4 is 12.0 Å². The topological polar surface area (TPSA) is 117 Å². The SMILES string of the molecule is COc1cc(/C=C/C(=O)NC(CO)(CO)CO)cc(OC)c1OC. The summed E-state index contributed by atoms with van der Waals surface area (Å²) in [5.41, 5.74) is -0.862. The number of aliphatic hydroxyl groups is 3. The highest BCUT2D eigenvalue weighted by Crippen LogP contribution is 2.38. The molecule has 4 N–H and O–H groups in total. The Labute approximate surface area is 140 Å². The Balaban J connectivity index is 2.99. The van der Waals surface area contributed by atoms with E-state index in [1.807, 2.05) is 0 Å². The lowest BCUT2D eigenvalue weighted by atomic mass is 10.0. The molecule has 8 heteroatoms. The van der Waals surface area contributed by atoms with Crippen LogP contribution in [-0.2, 0) is 4.79 Å². The third kappa shape index (κ3) is 4.60. The number of carbonyl (C=O) groups is 1. The average molecular weight is 341 g/mol. The van der Waals surface area contributed by atoms with Gasteiger partial charge < -0.3 is 34.8 Å². The Morgan fingerprint density at radius 1 is 1.04 bits per heavy atom. The number of carbonyl (C=O) groups excluding carboxylic acids is 1. The normalized spacial score (nSPS) is 11.4. The van der Waals surface area contributed by atoms with E-state index >= 15 is 0 Å². The fourth-order valence-corrected chi connectivity index (χ4v) is 1.94. The van der Waals surface area contributed by atoms with Crippen molar-refractivity contribution in [3.05, 3.63) is 23.8 Å². The van der Waals surface area contributed by atoms with Crippen LogP contribution in [0, 0.1) is 0 Å². The zero-order chi connectivity index (χ0) is 18.2. The quantitative estimate of drug-likeness (QED) is 0.450. The summed E-state index contributed by atoms with van der Waals surface area (Å²) in [7, 11) is 4.45. The molecular formula is C16H23NO7. The van der Waals surface area contributed by atoms with Crippen LogP contribution < -0.4 is 19.5 Å². The number of hydrogen-bond acceptors (Lipinski definition) is 7. The smallest absolute Gasteiger partial charge is 0.244 e. The second kappa shape index (κ2) is 9.11. The molecule has 1 amide bonds. The molecule has 0 atom stereocenters. The molecule has 0 saturated heterocycles. The second-order valence-electron chi connectivity index (χ2n) is 5.04. The van der Waals surface area contributed by atoms with Crippen LogP contribution in [0.15, 0.2) is 18.2 Å². The molecule has 1 rings (SSSR count). The van der Waals surface area contributed by atoms with Gasteiger partial charge in [-0.25, -0.2) is 0 Å². The molecule has 1 aromatic rings. The Morgan fingerprint density at radius 3 is 1.92 bits per heavy atom. The number of aliphatic hydroxyl groups excluding tert-OH is 3. The van der Waals surface area contributed by atoms with Gasteiger partial charge in [0.25, 0.3) is 0 Å². The average Bonchev–Trinajstić information content (AvgIpc) is 2.63. The van der Waals surface area contributed by atoms with Crippen LogP contribution in [-0.4, -0.2) is 67.9 Å². The van der Waals surface area contributed by atoms with E-state index in [2.05, 4.69) is 5.32 Å². The van der Waals surface area contributed by atoms with Crippen LogP contribution in [0.3, 0.4) is 0 Å². The molecule has 0 fully saturated rings. The molecule has 1 aromatic carbocycles. The maximum atomic E-state index is 11.9. The minimum absolute atomic E-state index is 0.432. The predicted octanol–water partition coefficient (Wildman–Crippen LogP) is -0.442. The van der Waals surface area contributed by atoms with Crippen molar-refractivity contribution in [1.82, 2.24) is 5.32 Å². The first-order valence-electron chi connectivity index (χ1n) is 7.12. The van der Waals surface area contributed by atoms with E-state index in [0.717, 1.165) is 0 Å². The number of methoxy groups -OCH3 is 3. The Morgan fingerprint density at radius 2 is 1.54 bits per heavy atom. The molecule has 0 aliphatic heterocycles. The summed E-state index contributed by atoms with van der Waals surface area (Å²) in [6.45, 7) is -1.78. The highest BCUT2D eigenvalue weighted by molar-refractivity contribution is 5.92. The van der Waals surface area contributed by atoms with Crippen LogP contribution in [0.4, 0.5) is 0 Å². The minimum atomic E-state index is -1.48. The van der Waals surface area contributed by atoms with Gasteiger partial charge in [-0.2, -0.15) is 0 Å². The highest BCUT2D eigenvalue weighted by atomic mass is 16.5. The van der Waals surface area contributed by atoms with Crippen molar-refractivity contribution < 1.29 is 34.3 Å². The largest absolute Gasteiger partial charge is 0.493 e. The summed E-state index contributed by atoms with van der Waals surface area (Å²) in [6.07, 6.45) is 2.70. The number of ether oxygens (including phenoxy) is 3. The van der Waals surface area contributed by atoms with E-state index in [1.54, 1.807) is 12.1 Å². The predicted molar refractivity (Wildman–Crippen MR) is 87.3 cm³/mol. The summed E-state index contributed by atoms with van der Waals surface area (Å²) < 4.78 is 15.7. The summed E-state index contributed by atoms with van der Waals surface area (Å²) in [5.74, 6) is 0.724. The van der Waals surface area contributed by atoms with Crippen molar-refractivity contribution in [2.45, 2.75) is 5.54 Å². The van der Waals surface area contributed by atoms with Crippen LogP contribution >= 0.6 is 0 Å². The van der Waals surface area contributed by atoms with Gasteiger partial charge in [-0.05, 0) is 23.8 Å². The first-order chi connectivity index (χ1) is 11.5. The summed E-state index contributed by atoms with van der Waals surface area (Å²) in [4.78, 5) is 11.9. The van der Waals surface area contributed by atoms with Gasteiger partial charge in [-0.3, -0.25) is 4.79 Å². The zero-order valence-corrected chi connectivity index (χ0v) is 13.9. The maximum Gasteiger partial charge on any atom is 0.244 e. The lowest BCUT2D eigenvalue weighted by Crippen LogP contribution is -2.56. The monoisotopic (exact) mass is 341 g/mol. The van der Waals surface area contributed by atoms with Crippen LogP contribution in [0.5, 0.6) is 17.2 Å². The van der Waals surface area contributed by atoms with Crippen molar-refractivity contribution in [2.75, 3.05) is 41.2 Å². The van der Waals surface area contributed by atoms with Gasteiger partial charge in [0.15, 0.2) is 11.5 Å². The van der Waals surface area contributed by atoms with Crippen molar-refractivity contribution in [3.63, 3.8) is 0 Å². The van der Waals surface area contributed by atoms with Crippen LogP contribution in [0.2, 0.25) is 0 Å². The first-order valence-corrected chi connectivity index (χ1v) is 7.12. The van der Waals surface area contributed by atoms with E-state index in [-0.39, 0.29) is 0 Å². The standard InChI is InChI=1S/C16H23NO7/c1-22-12-6-11(7-13(23-2)15(12)24-3)4-5-14(21)17-16(8-18,9-19)10-20/h4-7,18-20H,8-10H2,1-3H3,(H,17,21)/b5-4+. The Hall–Kier alpha value is -2.29. The van der Waals surface area contributed by atoms with Gasteiger partial charge in [0.1, 0.15) is 5.54 Å². The molecule has 0 unspecified atom stereocenters. The summed E-state index contributed by atoms with van der Waals surface area (Å²) in [6, 6.07) is 3.31. The van der Waals surface area contributed by atoms with Gasteiger partial charge in [-0.15, -0.1) is 0 Å². The van der Waals surface area contributed by atoms with Gasteiger partial charge in [0.2, 0.25) is 11.7 Å². The number of hydrogen-bond donors (Lipinski definition) is 4. The second-order valence-corrected chi connectivity index (χ2v) is 5.04. The zero-order valence-electron chi connectivity index (χ0n) is 13.9. The highest BCUT2D eigenvalue weighted by Gasteiger charge is 2.29. The minimum Gasteiger partial charge on any atom is -0.493 e. The number of rotatable bonds is 9. The summed E-state index contributed by atoms with van der Waals surface area (Å²) >= 11 is 0. The number of nitrogens with one attached hydrogen (secondary N) is 1. The summed E-state index contributed by atoms with van der Waals surface area (Å²) in [5, 5.41) is 30.0. The lowest BCUT2D eigenvalue weighted by molar-refractivity contribution is -0.120. The third-order valence-corrected chi connectivity index (χ3v) is 3.41. The molecule has 0 heterocycles. The third-order valence-electron chi connectivity index (χ3n) is 3.41. The molecule has 134 valence electrons. The first kappa shape index (κ1) is 19.8. The molecule has 0 radical (unpaired) electrons. The molecule has 0 aliphatic rings. The Kier molecular flexibility index (Phi) is 7.50. The van der Waals surface area contributed by atoms with Gasteiger partial charge in [-0.1, -0.05) is 0 Å². The number of amides is 1. The fraction of sp³-hybridized carbons (Fsp3) is 0.438. The van der Waals surface area contributed by atoms with Crippen LogP contribution in [0.25, 0.3) is 6.08 Å². The van der Waals surface area contributed by atoms with Crippen molar-refractivity contribution in [1.29, 1.82) is 0 Å². The van der Waals surface area contributed by atoms with E-state index in [1.165, 1.54) is 33.5 Å². The molecule has 0 saturated carbocycles. The molecule has 0 aliphatic carbocycles. The van der Waals surface area contributed by atoms with Gasteiger partial charge in [0, 0.05) is 6.08 Å². The molecular weight excluding hydrogens is 318 g/mol.